The zero-order chi connectivity index (χ0) is 18.9. The van der Waals surface area contributed by atoms with Crippen molar-refractivity contribution in [2.24, 2.45) is 5.41 Å². The molecule has 0 aliphatic carbocycles. The SMILES string of the molecule is CCC1(C(=O)O)C(c2ccc(F)cc2Cl)C(C#N)=C(C)NC1C(F)F. The maximum Gasteiger partial charge on any atom is 0.312 e. The Labute approximate surface area is 147 Å². The van der Waals surface area contributed by atoms with Crippen LogP contribution < -0.4 is 5.32 Å². The molecule has 0 fully saturated rings. The quantitative estimate of drug-likeness (QED) is 0.835. The third-order valence-corrected chi connectivity index (χ3v) is 5.09. The van der Waals surface area contributed by atoms with Gasteiger partial charge in [-0.15, -0.1) is 0 Å². The lowest BCUT2D eigenvalue weighted by Gasteiger charge is -2.47. The van der Waals surface area contributed by atoms with Crippen molar-refractivity contribution in [2.75, 3.05) is 0 Å². The average molecular weight is 373 g/mol. The van der Waals surface area contributed by atoms with E-state index in [1.54, 1.807) is 0 Å². The van der Waals surface area contributed by atoms with E-state index in [9.17, 15) is 28.3 Å². The molecule has 0 saturated carbocycles. The standard InChI is InChI=1S/C17H16ClF3N2O2/c1-3-17(16(24)25)13(10-5-4-9(19)6-12(10)18)11(7-22)8(2)23-14(17)15(20)21/h4-6,13-15,23H,3H2,1-2H3,(H,24,25). The predicted molar refractivity (Wildman–Crippen MR) is 85.8 cm³/mol. The Morgan fingerprint density at radius 2 is 2.16 bits per heavy atom. The Kier molecular flexibility index (Phi) is 5.33. The minimum absolute atomic E-state index is 0.00495. The zero-order valence-corrected chi connectivity index (χ0v) is 14.2. The summed E-state index contributed by atoms with van der Waals surface area (Å²) in [5.74, 6) is -3.35. The lowest BCUT2D eigenvalue weighted by atomic mass is 9.60. The van der Waals surface area contributed by atoms with Crippen molar-refractivity contribution in [1.29, 1.82) is 5.26 Å². The molecule has 1 aliphatic heterocycles. The zero-order valence-electron chi connectivity index (χ0n) is 13.5. The summed E-state index contributed by atoms with van der Waals surface area (Å²) < 4.78 is 40.8. The highest BCUT2D eigenvalue weighted by Gasteiger charge is 2.58. The Morgan fingerprint density at radius 3 is 2.60 bits per heavy atom. The fraction of sp³-hybridized carbons (Fsp3) is 0.412. The summed E-state index contributed by atoms with van der Waals surface area (Å²) in [6.07, 6.45) is -3.17. The second kappa shape index (κ2) is 6.96. The van der Waals surface area contributed by atoms with E-state index in [0.29, 0.717) is 0 Å². The maximum absolute atomic E-state index is 13.7. The number of carbonyl (C=O) groups is 1. The van der Waals surface area contributed by atoms with E-state index >= 15 is 0 Å². The first kappa shape index (κ1) is 19.1. The number of nitriles is 1. The number of alkyl halides is 2. The van der Waals surface area contributed by atoms with Crippen molar-refractivity contribution < 1.29 is 23.1 Å². The molecule has 2 rings (SSSR count). The molecule has 3 unspecified atom stereocenters. The highest BCUT2D eigenvalue weighted by atomic mass is 35.5. The molecule has 1 aliphatic rings. The molecular weight excluding hydrogens is 357 g/mol. The summed E-state index contributed by atoms with van der Waals surface area (Å²) in [5.41, 5.74) is -1.73. The summed E-state index contributed by atoms with van der Waals surface area (Å²) in [5, 5.41) is 21.8. The Balaban J connectivity index is 2.86. The summed E-state index contributed by atoms with van der Waals surface area (Å²) in [6.45, 7) is 2.89. The number of benzene rings is 1. The molecule has 0 spiro atoms. The molecule has 8 heteroatoms. The van der Waals surface area contributed by atoms with Crippen molar-refractivity contribution in [3.8, 4) is 6.07 Å². The number of allylic oxidation sites excluding steroid dienone is 2. The number of nitrogens with zero attached hydrogens (tertiary/aromatic N) is 1. The van der Waals surface area contributed by atoms with Crippen LogP contribution in [0.3, 0.4) is 0 Å². The molecule has 0 aromatic heterocycles. The van der Waals surface area contributed by atoms with Gasteiger partial charge in [0.1, 0.15) is 17.3 Å². The van der Waals surface area contributed by atoms with Gasteiger partial charge < -0.3 is 10.4 Å². The van der Waals surface area contributed by atoms with Gasteiger partial charge in [0.15, 0.2) is 0 Å². The summed E-state index contributed by atoms with van der Waals surface area (Å²) in [4.78, 5) is 12.1. The number of halogens is 4. The van der Waals surface area contributed by atoms with E-state index in [1.807, 2.05) is 6.07 Å². The first-order valence-electron chi connectivity index (χ1n) is 7.54. The molecule has 1 aromatic rings. The topological polar surface area (TPSA) is 73.1 Å². The molecular formula is C17H16ClF3N2O2. The Bertz CT molecular complexity index is 776. The molecule has 0 bridgehead atoms. The number of hydrogen-bond donors (Lipinski definition) is 2. The van der Waals surface area contributed by atoms with E-state index < -0.39 is 35.6 Å². The molecule has 0 radical (unpaired) electrons. The smallest absolute Gasteiger partial charge is 0.312 e. The molecule has 0 saturated heterocycles. The molecule has 1 heterocycles. The van der Waals surface area contributed by atoms with Crippen molar-refractivity contribution in [3.05, 3.63) is 45.9 Å². The highest BCUT2D eigenvalue weighted by molar-refractivity contribution is 6.31. The number of hydrogen-bond acceptors (Lipinski definition) is 3. The minimum atomic E-state index is -2.99. The normalized spacial score (nSPS) is 26.3. The molecule has 0 amide bonds. The van der Waals surface area contributed by atoms with Crippen LogP contribution in [0.15, 0.2) is 29.5 Å². The third kappa shape index (κ3) is 2.95. The van der Waals surface area contributed by atoms with E-state index in [2.05, 4.69) is 5.32 Å². The number of carboxylic acids is 1. The monoisotopic (exact) mass is 372 g/mol. The van der Waals surface area contributed by atoms with Crippen LogP contribution in [0.1, 0.15) is 31.7 Å². The summed E-state index contributed by atoms with van der Waals surface area (Å²) in [7, 11) is 0. The van der Waals surface area contributed by atoms with Crippen molar-refractivity contribution >= 4 is 17.6 Å². The van der Waals surface area contributed by atoms with Gasteiger partial charge in [0, 0.05) is 16.6 Å². The third-order valence-electron chi connectivity index (χ3n) is 4.76. The van der Waals surface area contributed by atoms with Crippen molar-refractivity contribution in [1.82, 2.24) is 5.32 Å². The number of rotatable bonds is 4. The van der Waals surface area contributed by atoms with Gasteiger partial charge in [0.25, 0.3) is 6.43 Å². The van der Waals surface area contributed by atoms with E-state index in [-0.39, 0.29) is 28.3 Å². The molecule has 25 heavy (non-hydrogen) atoms. The lowest BCUT2D eigenvalue weighted by Crippen LogP contribution is -2.59. The molecule has 3 atom stereocenters. The van der Waals surface area contributed by atoms with Gasteiger partial charge in [-0.1, -0.05) is 24.6 Å². The van der Waals surface area contributed by atoms with Crippen molar-refractivity contribution in [2.45, 2.75) is 38.7 Å². The lowest BCUT2D eigenvalue weighted by molar-refractivity contribution is -0.156. The highest BCUT2D eigenvalue weighted by Crippen LogP contribution is 2.52. The minimum Gasteiger partial charge on any atom is -0.481 e. The van der Waals surface area contributed by atoms with Crippen LogP contribution in [0.25, 0.3) is 0 Å². The Morgan fingerprint density at radius 1 is 1.52 bits per heavy atom. The van der Waals surface area contributed by atoms with E-state index in [1.165, 1.54) is 19.9 Å². The van der Waals surface area contributed by atoms with Crippen LogP contribution in [0.5, 0.6) is 0 Å². The predicted octanol–water partition coefficient (Wildman–Crippen LogP) is 4.08. The van der Waals surface area contributed by atoms with Gasteiger partial charge in [-0.2, -0.15) is 5.26 Å². The van der Waals surface area contributed by atoms with Crippen LogP contribution in [0.4, 0.5) is 13.2 Å². The number of nitrogens with one attached hydrogen (secondary N) is 1. The van der Waals surface area contributed by atoms with Crippen LogP contribution in [0.2, 0.25) is 5.02 Å². The fourth-order valence-corrected chi connectivity index (χ4v) is 3.81. The van der Waals surface area contributed by atoms with Gasteiger partial charge in [-0.3, -0.25) is 4.79 Å². The van der Waals surface area contributed by atoms with Gasteiger partial charge in [-0.05, 0) is 31.0 Å². The fourth-order valence-electron chi connectivity index (χ4n) is 3.53. The van der Waals surface area contributed by atoms with Gasteiger partial charge in [0.2, 0.25) is 0 Å². The van der Waals surface area contributed by atoms with Crippen LogP contribution >= 0.6 is 11.6 Å². The van der Waals surface area contributed by atoms with E-state index in [0.717, 1.165) is 12.1 Å². The van der Waals surface area contributed by atoms with Crippen LogP contribution in [-0.2, 0) is 4.79 Å². The Hall–Kier alpha value is -2.20. The molecule has 134 valence electrons. The second-order valence-corrected chi connectivity index (χ2v) is 6.31. The summed E-state index contributed by atoms with van der Waals surface area (Å²) in [6, 6.07) is 3.46. The second-order valence-electron chi connectivity index (χ2n) is 5.90. The molecule has 2 N–H and O–H groups in total. The number of carboxylic acid groups (broad SMARTS) is 1. The average Bonchev–Trinajstić information content (AvgIpc) is 2.53. The van der Waals surface area contributed by atoms with E-state index in [4.69, 9.17) is 11.6 Å². The van der Waals surface area contributed by atoms with Gasteiger partial charge >= 0.3 is 5.97 Å². The molecule has 4 nitrogen and oxygen atoms in total. The first-order valence-corrected chi connectivity index (χ1v) is 7.92. The van der Waals surface area contributed by atoms with Crippen LogP contribution in [-0.4, -0.2) is 23.5 Å². The molecule has 1 aromatic carbocycles. The first-order chi connectivity index (χ1) is 11.7. The maximum atomic E-state index is 13.7. The van der Waals surface area contributed by atoms with Crippen molar-refractivity contribution in [3.63, 3.8) is 0 Å². The van der Waals surface area contributed by atoms with Gasteiger partial charge in [0.05, 0.1) is 11.6 Å². The largest absolute Gasteiger partial charge is 0.481 e. The summed E-state index contributed by atoms with van der Waals surface area (Å²) >= 11 is 6.08. The van der Waals surface area contributed by atoms with Gasteiger partial charge in [-0.25, -0.2) is 13.2 Å². The van der Waals surface area contributed by atoms with Crippen LogP contribution in [0, 0.1) is 22.6 Å². The number of aliphatic carboxylic acids is 1.